The minimum absolute atomic E-state index is 0.480. The highest BCUT2D eigenvalue weighted by atomic mass is 35.5. The van der Waals surface area contributed by atoms with Gasteiger partial charge < -0.3 is 5.11 Å². The number of hydrogen-bond acceptors (Lipinski definition) is 1. The van der Waals surface area contributed by atoms with Crippen LogP contribution >= 0.6 is 23.2 Å². The lowest BCUT2D eigenvalue weighted by Gasteiger charge is -2.11. The van der Waals surface area contributed by atoms with Crippen molar-refractivity contribution in [1.29, 1.82) is 0 Å². The summed E-state index contributed by atoms with van der Waals surface area (Å²) < 4.78 is 0. The second-order valence-corrected chi connectivity index (χ2v) is 5.03. The second kappa shape index (κ2) is 6.24. The second-order valence-electron chi connectivity index (χ2n) is 4.21. The van der Waals surface area contributed by atoms with E-state index in [0.717, 1.165) is 12.0 Å². The Labute approximate surface area is 117 Å². The molecule has 0 aromatic heterocycles. The normalized spacial score (nSPS) is 12.4. The number of rotatable bonds is 4. The Morgan fingerprint density at radius 1 is 0.944 bits per heavy atom. The maximum atomic E-state index is 10.1. The van der Waals surface area contributed by atoms with Gasteiger partial charge in [0, 0.05) is 0 Å². The van der Waals surface area contributed by atoms with Crippen molar-refractivity contribution < 1.29 is 5.11 Å². The van der Waals surface area contributed by atoms with Gasteiger partial charge in [-0.2, -0.15) is 0 Å². The third-order valence-electron chi connectivity index (χ3n) is 2.88. The number of aryl methyl sites for hydroxylation is 1. The van der Waals surface area contributed by atoms with Crippen LogP contribution in [0.4, 0.5) is 0 Å². The van der Waals surface area contributed by atoms with Crippen LogP contribution in [0.15, 0.2) is 48.5 Å². The molecule has 94 valence electrons. The van der Waals surface area contributed by atoms with Gasteiger partial charge in [0.2, 0.25) is 0 Å². The van der Waals surface area contributed by atoms with E-state index in [2.05, 4.69) is 12.1 Å². The van der Waals surface area contributed by atoms with Gasteiger partial charge in [0.25, 0.3) is 0 Å². The molecule has 18 heavy (non-hydrogen) atoms. The first-order valence-electron chi connectivity index (χ1n) is 5.84. The molecule has 2 rings (SSSR count). The molecule has 1 unspecified atom stereocenters. The maximum Gasteiger partial charge on any atom is 0.0793 e. The zero-order chi connectivity index (χ0) is 13.0. The zero-order valence-electron chi connectivity index (χ0n) is 9.81. The molecule has 0 fully saturated rings. The highest BCUT2D eigenvalue weighted by Crippen LogP contribution is 2.27. The monoisotopic (exact) mass is 280 g/mol. The Bertz CT molecular complexity index is 511. The standard InChI is InChI=1S/C15H14Cl2O/c16-13-8-7-12(10-14(13)17)15(18)9-6-11-4-2-1-3-5-11/h1-5,7-8,10,15,18H,6,9H2. The van der Waals surface area contributed by atoms with E-state index < -0.39 is 6.10 Å². The quantitative estimate of drug-likeness (QED) is 0.864. The average Bonchev–Trinajstić information content (AvgIpc) is 2.40. The van der Waals surface area contributed by atoms with Crippen molar-refractivity contribution in [2.75, 3.05) is 0 Å². The fourth-order valence-corrected chi connectivity index (χ4v) is 2.14. The minimum Gasteiger partial charge on any atom is -0.388 e. The first kappa shape index (κ1) is 13.4. The molecule has 0 aliphatic heterocycles. The molecule has 0 amide bonds. The summed E-state index contributed by atoms with van der Waals surface area (Å²) in [5.41, 5.74) is 2.02. The lowest BCUT2D eigenvalue weighted by Crippen LogP contribution is -1.99. The summed E-state index contributed by atoms with van der Waals surface area (Å²) in [6.45, 7) is 0. The highest BCUT2D eigenvalue weighted by Gasteiger charge is 2.09. The third-order valence-corrected chi connectivity index (χ3v) is 3.62. The van der Waals surface area contributed by atoms with Gasteiger partial charge in [-0.15, -0.1) is 0 Å². The first-order valence-corrected chi connectivity index (χ1v) is 6.59. The van der Waals surface area contributed by atoms with Crippen LogP contribution in [0.5, 0.6) is 0 Å². The molecular weight excluding hydrogens is 267 g/mol. The fourth-order valence-electron chi connectivity index (χ4n) is 1.83. The molecule has 1 N–H and O–H groups in total. The SMILES string of the molecule is OC(CCc1ccccc1)c1ccc(Cl)c(Cl)c1. The van der Waals surface area contributed by atoms with Crippen LogP contribution in [0.3, 0.4) is 0 Å². The van der Waals surface area contributed by atoms with Crippen LogP contribution in [0.25, 0.3) is 0 Å². The van der Waals surface area contributed by atoms with Gasteiger partial charge in [0.05, 0.1) is 16.1 Å². The molecule has 1 atom stereocenters. The van der Waals surface area contributed by atoms with E-state index >= 15 is 0 Å². The molecule has 2 aromatic carbocycles. The van der Waals surface area contributed by atoms with E-state index in [0.29, 0.717) is 16.5 Å². The van der Waals surface area contributed by atoms with Gasteiger partial charge in [0.1, 0.15) is 0 Å². The summed E-state index contributed by atoms with van der Waals surface area (Å²) in [5.74, 6) is 0. The molecule has 0 aliphatic rings. The van der Waals surface area contributed by atoms with Crippen LogP contribution < -0.4 is 0 Å². The van der Waals surface area contributed by atoms with Gasteiger partial charge in [0.15, 0.2) is 0 Å². The van der Waals surface area contributed by atoms with Crippen LogP contribution in [0.1, 0.15) is 23.7 Å². The summed E-state index contributed by atoms with van der Waals surface area (Å²) in [6, 6.07) is 15.3. The Morgan fingerprint density at radius 3 is 2.33 bits per heavy atom. The van der Waals surface area contributed by atoms with Crippen molar-refractivity contribution in [1.82, 2.24) is 0 Å². The molecule has 0 aliphatic carbocycles. The number of halogens is 2. The molecule has 3 heteroatoms. The number of aliphatic hydroxyl groups excluding tert-OH is 1. The van der Waals surface area contributed by atoms with Crippen molar-refractivity contribution in [3.63, 3.8) is 0 Å². The highest BCUT2D eigenvalue weighted by molar-refractivity contribution is 6.42. The molecule has 0 spiro atoms. The van der Waals surface area contributed by atoms with Crippen LogP contribution in [-0.2, 0) is 6.42 Å². The van der Waals surface area contributed by atoms with E-state index in [4.69, 9.17) is 23.2 Å². The topological polar surface area (TPSA) is 20.2 Å². The number of hydrogen-bond donors (Lipinski definition) is 1. The minimum atomic E-state index is -0.514. The van der Waals surface area contributed by atoms with E-state index in [-0.39, 0.29) is 0 Å². The van der Waals surface area contributed by atoms with Crippen LogP contribution in [-0.4, -0.2) is 5.11 Å². The summed E-state index contributed by atoms with van der Waals surface area (Å²) in [5, 5.41) is 11.1. The molecule has 1 nitrogen and oxygen atoms in total. The lowest BCUT2D eigenvalue weighted by atomic mass is 10.0. The fraction of sp³-hybridized carbons (Fsp3) is 0.200. The van der Waals surface area contributed by atoms with Gasteiger partial charge in [-0.3, -0.25) is 0 Å². The van der Waals surface area contributed by atoms with Gasteiger partial charge in [-0.25, -0.2) is 0 Å². The summed E-state index contributed by atoms with van der Waals surface area (Å²) >= 11 is 11.8. The molecule has 0 bridgehead atoms. The summed E-state index contributed by atoms with van der Waals surface area (Å²) in [4.78, 5) is 0. The van der Waals surface area contributed by atoms with Crippen molar-refractivity contribution in [3.8, 4) is 0 Å². The number of aliphatic hydroxyl groups is 1. The summed E-state index contributed by atoms with van der Waals surface area (Å²) in [7, 11) is 0. The van der Waals surface area contributed by atoms with Crippen LogP contribution in [0.2, 0.25) is 10.0 Å². The van der Waals surface area contributed by atoms with E-state index in [1.54, 1.807) is 12.1 Å². The van der Waals surface area contributed by atoms with Crippen molar-refractivity contribution in [2.45, 2.75) is 18.9 Å². The van der Waals surface area contributed by atoms with Gasteiger partial charge >= 0.3 is 0 Å². The summed E-state index contributed by atoms with van der Waals surface area (Å²) in [6.07, 6.45) is 0.990. The molecule has 2 aromatic rings. The van der Waals surface area contributed by atoms with E-state index in [9.17, 15) is 5.11 Å². The predicted octanol–water partition coefficient (Wildman–Crippen LogP) is 4.66. The van der Waals surface area contributed by atoms with Gasteiger partial charge in [-0.05, 0) is 36.1 Å². The lowest BCUT2D eigenvalue weighted by molar-refractivity contribution is 0.168. The van der Waals surface area contributed by atoms with Crippen molar-refractivity contribution >= 4 is 23.2 Å². The smallest absolute Gasteiger partial charge is 0.0793 e. The zero-order valence-corrected chi connectivity index (χ0v) is 11.3. The molecule has 0 radical (unpaired) electrons. The first-order chi connectivity index (χ1) is 8.66. The molecule has 0 saturated carbocycles. The average molecular weight is 281 g/mol. The van der Waals surface area contributed by atoms with Crippen molar-refractivity contribution in [3.05, 3.63) is 69.7 Å². The largest absolute Gasteiger partial charge is 0.388 e. The predicted molar refractivity (Wildman–Crippen MR) is 76.2 cm³/mol. The Kier molecular flexibility index (Phi) is 4.65. The maximum absolute atomic E-state index is 10.1. The Hall–Kier alpha value is -1.02. The van der Waals surface area contributed by atoms with E-state index in [1.165, 1.54) is 5.56 Å². The third kappa shape index (κ3) is 3.49. The number of benzene rings is 2. The van der Waals surface area contributed by atoms with Crippen LogP contribution in [0, 0.1) is 0 Å². The molecular formula is C15H14Cl2O. The van der Waals surface area contributed by atoms with Crippen molar-refractivity contribution in [2.24, 2.45) is 0 Å². The van der Waals surface area contributed by atoms with Gasteiger partial charge in [-0.1, -0.05) is 59.6 Å². The Balaban J connectivity index is 1.99. The molecule has 0 saturated heterocycles. The van der Waals surface area contributed by atoms with E-state index in [1.807, 2.05) is 24.3 Å². The Morgan fingerprint density at radius 2 is 1.67 bits per heavy atom. The molecule has 0 heterocycles.